The van der Waals surface area contributed by atoms with Crippen LogP contribution in [0.3, 0.4) is 0 Å². The molecule has 0 aliphatic heterocycles. The van der Waals surface area contributed by atoms with Gasteiger partial charge in [-0.2, -0.15) is 0 Å². The van der Waals surface area contributed by atoms with Crippen LogP contribution in [0.5, 0.6) is 0 Å². The Morgan fingerprint density at radius 1 is 0.788 bits per heavy atom. The Kier molecular flexibility index (Phi) is 9.75. The molecule has 5 nitrogen and oxygen atoms in total. The van der Waals surface area contributed by atoms with Gasteiger partial charge < -0.3 is 15.4 Å². The second-order valence-corrected chi connectivity index (χ2v) is 8.88. The van der Waals surface area contributed by atoms with Gasteiger partial charge in [-0.15, -0.1) is 0 Å². The van der Waals surface area contributed by atoms with Crippen LogP contribution in [0.25, 0.3) is 0 Å². The van der Waals surface area contributed by atoms with Gasteiger partial charge in [0, 0.05) is 12.0 Å². The van der Waals surface area contributed by atoms with Crippen molar-refractivity contribution >= 4 is 34.6 Å². The molecule has 3 aromatic rings. The second kappa shape index (κ2) is 13.0. The number of amides is 2. The zero-order chi connectivity index (χ0) is 23.4. The molecule has 0 unspecified atom stereocenters. The first kappa shape index (κ1) is 24.8. The van der Waals surface area contributed by atoms with E-state index in [1.54, 1.807) is 0 Å². The van der Waals surface area contributed by atoms with E-state index in [-0.39, 0.29) is 24.5 Å². The van der Waals surface area contributed by atoms with Gasteiger partial charge in [-0.05, 0) is 34.0 Å². The summed E-state index contributed by atoms with van der Waals surface area (Å²) in [6.07, 6.45) is 1.30. The fraction of sp³-hybridized carbons (Fsp3) is 0.259. The zero-order valence-electron chi connectivity index (χ0n) is 18.5. The molecule has 0 atom stereocenters. The number of alkyl carbamates (subject to hydrolysis) is 1. The fourth-order valence-corrected chi connectivity index (χ4v) is 4.25. The van der Waals surface area contributed by atoms with E-state index in [9.17, 15) is 9.59 Å². The van der Waals surface area contributed by atoms with Crippen LogP contribution < -0.4 is 10.6 Å². The quantitative estimate of drug-likeness (QED) is 0.251. The lowest BCUT2D eigenvalue weighted by molar-refractivity contribution is -0.120. The summed E-state index contributed by atoms with van der Waals surface area (Å²) in [6.45, 7) is 0.465. The van der Waals surface area contributed by atoms with E-state index in [0.717, 1.165) is 34.0 Å². The van der Waals surface area contributed by atoms with Crippen LogP contribution in [0.2, 0.25) is 0 Å². The highest BCUT2D eigenvalue weighted by Crippen LogP contribution is 2.36. The number of nitrogens with one attached hydrogen (secondary N) is 2. The van der Waals surface area contributed by atoms with Crippen LogP contribution in [0.1, 0.15) is 29.5 Å². The van der Waals surface area contributed by atoms with E-state index in [2.05, 4.69) is 57.5 Å². The molecule has 2 N–H and O–H groups in total. The number of benzene rings is 3. The third kappa shape index (κ3) is 7.32. The topological polar surface area (TPSA) is 67.4 Å². The Balaban J connectivity index is 1.64. The van der Waals surface area contributed by atoms with E-state index in [0.29, 0.717) is 6.54 Å². The molecule has 0 aromatic heterocycles. The lowest BCUT2D eigenvalue weighted by atomic mass is 9.71. The summed E-state index contributed by atoms with van der Waals surface area (Å²) in [6, 6.07) is 30.0. The van der Waals surface area contributed by atoms with Gasteiger partial charge in [-0.25, -0.2) is 4.79 Å². The molecule has 3 aromatic carbocycles. The fourth-order valence-electron chi connectivity index (χ4n) is 3.87. The maximum Gasteiger partial charge on any atom is 0.407 e. The number of ether oxygens (including phenoxy) is 1. The second-order valence-electron chi connectivity index (χ2n) is 7.80. The van der Waals surface area contributed by atoms with Gasteiger partial charge in [-0.1, -0.05) is 114 Å². The Morgan fingerprint density at radius 2 is 1.33 bits per heavy atom. The van der Waals surface area contributed by atoms with E-state index < -0.39 is 6.09 Å². The molecule has 0 aliphatic carbocycles. The van der Waals surface area contributed by atoms with Crippen molar-refractivity contribution in [1.29, 1.82) is 0 Å². The Labute approximate surface area is 209 Å². The summed E-state index contributed by atoms with van der Waals surface area (Å²) >= 11 is 2.39. The SMILES string of the molecule is O=C(CNC(=O)OCc1ccccc1)NCC(CCCI)(c1ccccc1)c1ccccc1. The maximum absolute atomic E-state index is 12.6. The smallest absolute Gasteiger partial charge is 0.407 e. The van der Waals surface area contributed by atoms with Crippen LogP contribution in [-0.2, 0) is 21.6 Å². The minimum atomic E-state index is -0.615. The standard InChI is InChI=1S/C27H29IN2O3/c28-18-10-17-27(23-13-6-2-7-14-23,24-15-8-3-9-16-24)21-30-25(31)19-29-26(32)33-20-22-11-4-1-5-12-22/h1-9,11-16H,10,17-21H2,(H,29,32)(H,30,31). The van der Waals surface area contributed by atoms with Gasteiger partial charge in [0.15, 0.2) is 0 Å². The Bertz CT molecular complexity index is 958. The van der Waals surface area contributed by atoms with Gasteiger partial charge in [0.05, 0.1) is 6.54 Å². The summed E-state index contributed by atoms with van der Waals surface area (Å²) in [5, 5.41) is 5.58. The first-order chi connectivity index (χ1) is 16.1. The summed E-state index contributed by atoms with van der Waals surface area (Å²) in [7, 11) is 0. The molecule has 0 heterocycles. The normalized spacial score (nSPS) is 10.9. The Morgan fingerprint density at radius 3 is 1.88 bits per heavy atom. The molecule has 172 valence electrons. The minimum absolute atomic E-state index is 0.139. The van der Waals surface area contributed by atoms with E-state index in [1.165, 1.54) is 0 Å². The monoisotopic (exact) mass is 556 g/mol. The average Bonchev–Trinajstić information content (AvgIpc) is 2.88. The molecule has 6 heteroatoms. The van der Waals surface area contributed by atoms with E-state index in [4.69, 9.17) is 4.74 Å². The number of alkyl halides is 1. The first-order valence-electron chi connectivity index (χ1n) is 11.0. The molecule has 3 rings (SSSR count). The zero-order valence-corrected chi connectivity index (χ0v) is 20.7. The molecule has 2 amide bonds. The highest BCUT2D eigenvalue weighted by molar-refractivity contribution is 14.1. The Hall–Kier alpha value is -2.87. The van der Waals surface area contributed by atoms with Crippen LogP contribution in [0.4, 0.5) is 4.79 Å². The minimum Gasteiger partial charge on any atom is -0.445 e. The molecular formula is C27H29IN2O3. The maximum atomic E-state index is 12.6. The lowest BCUT2D eigenvalue weighted by Gasteiger charge is -2.35. The molecule has 0 bridgehead atoms. The molecular weight excluding hydrogens is 527 g/mol. The summed E-state index contributed by atoms with van der Waals surface area (Å²) < 4.78 is 6.21. The predicted octanol–water partition coefficient (Wildman–Crippen LogP) is 5.23. The third-order valence-corrected chi connectivity index (χ3v) is 6.35. The number of carbonyl (C=O) groups excluding carboxylic acids is 2. The molecule has 0 radical (unpaired) electrons. The number of halogens is 1. The van der Waals surface area contributed by atoms with Crippen molar-refractivity contribution in [3.05, 3.63) is 108 Å². The molecule has 0 fully saturated rings. The van der Waals surface area contributed by atoms with Gasteiger partial charge >= 0.3 is 6.09 Å². The summed E-state index contributed by atoms with van der Waals surface area (Å²) in [5.74, 6) is -0.252. The summed E-state index contributed by atoms with van der Waals surface area (Å²) in [5.41, 5.74) is 2.87. The number of carbonyl (C=O) groups is 2. The van der Waals surface area contributed by atoms with Crippen molar-refractivity contribution in [1.82, 2.24) is 10.6 Å². The van der Waals surface area contributed by atoms with Gasteiger partial charge in [0.1, 0.15) is 6.61 Å². The molecule has 0 saturated heterocycles. The van der Waals surface area contributed by atoms with Gasteiger partial charge in [0.2, 0.25) is 5.91 Å². The molecule has 0 aliphatic rings. The predicted molar refractivity (Wildman–Crippen MR) is 139 cm³/mol. The number of rotatable bonds is 11. The largest absolute Gasteiger partial charge is 0.445 e. The van der Waals surface area contributed by atoms with Crippen molar-refractivity contribution < 1.29 is 14.3 Å². The van der Waals surface area contributed by atoms with Crippen molar-refractivity contribution in [3.8, 4) is 0 Å². The average molecular weight is 556 g/mol. The van der Waals surface area contributed by atoms with Gasteiger partial charge in [0.25, 0.3) is 0 Å². The molecule has 0 saturated carbocycles. The number of hydrogen-bond acceptors (Lipinski definition) is 3. The highest BCUT2D eigenvalue weighted by atomic mass is 127. The van der Waals surface area contributed by atoms with Crippen molar-refractivity contribution in [2.45, 2.75) is 24.9 Å². The van der Waals surface area contributed by atoms with Crippen LogP contribution in [-0.4, -0.2) is 29.5 Å². The summed E-state index contributed by atoms with van der Waals surface area (Å²) in [4.78, 5) is 24.6. The first-order valence-corrected chi connectivity index (χ1v) is 12.5. The molecule has 0 spiro atoms. The van der Waals surface area contributed by atoms with E-state index >= 15 is 0 Å². The van der Waals surface area contributed by atoms with Crippen molar-refractivity contribution in [2.75, 3.05) is 17.5 Å². The number of hydrogen-bond donors (Lipinski definition) is 2. The van der Waals surface area contributed by atoms with Crippen LogP contribution in [0, 0.1) is 0 Å². The third-order valence-electron chi connectivity index (χ3n) is 5.58. The van der Waals surface area contributed by atoms with Crippen LogP contribution >= 0.6 is 22.6 Å². The molecule has 33 heavy (non-hydrogen) atoms. The van der Waals surface area contributed by atoms with E-state index in [1.807, 2.05) is 66.7 Å². The van der Waals surface area contributed by atoms with Crippen molar-refractivity contribution in [3.63, 3.8) is 0 Å². The van der Waals surface area contributed by atoms with Crippen molar-refractivity contribution in [2.24, 2.45) is 0 Å². The highest BCUT2D eigenvalue weighted by Gasteiger charge is 2.34. The lowest BCUT2D eigenvalue weighted by Crippen LogP contribution is -2.45. The van der Waals surface area contributed by atoms with Crippen LogP contribution in [0.15, 0.2) is 91.0 Å². The van der Waals surface area contributed by atoms with Gasteiger partial charge in [-0.3, -0.25) is 4.79 Å².